The lowest BCUT2D eigenvalue weighted by Gasteiger charge is -2.30. The van der Waals surface area contributed by atoms with E-state index < -0.39 is 15.6 Å². The van der Waals surface area contributed by atoms with Crippen molar-refractivity contribution >= 4 is 33.1 Å². The molecule has 1 spiro atoms. The molecule has 9 heteroatoms. The van der Waals surface area contributed by atoms with Crippen LogP contribution in [-0.4, -0.2) is 57.4 Å². The Hall–Kier alpha value is -1.97. The highest BCUT2D eigenvalue weighted by Crippen LogP contribution is 2.32. The molecule has 1 saturated heterocycles. The van der Waals surface area contributed by atoms with Crippen LogP contribution in [0, 0.1) is 0 Å². The second-order valence-corrected chi connectivity index (χ2v) is 9.86. The summed E-state index contributed by atoms with van der Waals surface area (Å²) in [6, 6.07) is 14.4. The van der Waals surface area contributed by atoms with Crippen molar-refractivity contribution in [3.63, 3.8) is 0 Å². The van der Waals surface area contributed by atoms with Gasteiger partial charge in [0.2, 0.25) is 10.0 Å². The van der Waals surface area contributed by atoms with E-state index in [4.69, 9.17) is 21.3 Å². The number of nitrogens with zero attached hydrogens (tertiary/aromatic N) is 2. The number of halogens is 1. The fourth-order valence-corrected chi connectivity index (χ4v) is 5.73. The first-order valence-electron chi connectivity index (χ1n) is 9.84. The molecule has 2 aliphatic heterocycles. The van der Waals surface area contributed by atoms with Crippen LogP contribution in [0.3, 0.4) is 0 Å². The Labute approximate surface area is 182 Å². The number of methoxy groups -OCH3 is 1. The fraction of sp³-hybridized carbons (Fsp3) is 0.381. The number of sulfonamides is 1. The van der Waals surface area contributed by atoms with E-state index in [0.717, 1.165) is 17.1 Å². The summed E-state index contributed by atoms with van der Waals surface area (Å²) in [6.07, 6.45) is 0.611. The highest BCUT2D eigenvalue weighted by molar-refractivity contribution is 7.89. The van der Waals surface area contributed by atoms with E-state index in [1.807, 2.05) is 18.2 Å². The Bertz CT molecular complexity index is 1060. The van der Waals surface area contributed by atoms with Gasteiger partial charge in [-0.1, -0.05) is 35.9 Å². The molecular formula is C21H25ClN4O3S. The van der Waals surface area contributed by atoms with E-state index >= 15 is 0 Å². The van der Waals surface area contributed by atoms with Gasteiger partial charge in [-0.3, -0.25) is 10.3 Å². The zero-order valence-corrected chi connectivity index (χ0v) is 18.3. The van der Waals surface area contributed by atoms with E-state index in [1.54, 1.807) is 25.3 Å². The van der Waals surface area contributed by atoms with Crippen molar-refractivity contribution in [3.8, 4) is 0 Å². The van der Waals surface area contributed by atoms with Crippen LogP contribution in [0.15, 0.2) is 58.4 Å². The largest absolute Gasteiger partial charge is 0.383 e. The molecule has 2 aromatic rings. The van der Waals surface area contributed by atoms with Gasteiger partial charge < -0.3 is 10.1 Å². The number of rotatable bonds is 5. The molecule has 7 nitrogen and oxygen atoms in total. The maximum atomic E-state index is 13.2. The van der Waals surface area contributed by atoms with Crippen molar-refractivity contribution in [2.45, 2.75) is 23.4 Å². The van der Waals surface area contributed by atoms with Gasteiger partial charge in [0, 0.05) is 37.5 Å². The predicted octanol–water partition coefficient (Wildman–Crippen LogP) is 2.73. The van der Waals surface area contributed by atoms with E-state index in [0.29, 0.717) is 37.7 Å². The van der Waals surface area contributed by atoms with Crippen LogP contribution in [0.4, 0.5) is 5.69 Å². The van der Waals surface area contributed by atoms with E-state index in [-0.39, 0.29) is 11.4 Å². The average Bonchev–Trinajstić information content (AvgIpc) is 3.12. The van der Waals surface area contributed by atoms with Gasteiger partial charge in [0.05, 0.1) is 23.6 Å². The maximum Gasteiger partial charge on any atom is 0.243 e. The molecule has 2 aromatic carbocycles. The molecule has 2 heterocycles. The van der Waals surface area contributed by atoms with Crippen LogP contribution in [0.1, 0.15) is 12.0 Å². The Morgan fingerprint density at radius 3 is 2.87 bits per heavy atom. The van der Waals surface area contributed by atoms with Crippen LogP contribution >= 0.6 is 11.6 Å². The van der Waals surface area contributed by atoms with Crippen LogP contribution < -0.4 is 10.6 Å². The van der Waals surface area contributed by atoms with Gasteiger partial charge in [-0.05, 0) is 36.2 Å². The first-order valence-corrected chi connectivity index (χ1v) is 11.7. The lowest BCUT2D eigenvalue weighted by molar-refractivity contribution is 0.207. The molecule has 0 bridgehead atoms. The highest BCUT2D eigenvalue weighted by atomic mass is 35.5. The van der Waals surface area contributed by atoms with Crippen LogP contribution in [0.25, 0.3) is 0 Å². The van der Waals surface area contributed by atoms with Crippen molar-refractivity contribution < 1.29 is 13.2 Å². The number of hydrogen-bond acceptors (Lipinski definition) is 5. The van der Waals surface area contributed by atoms with Crippen molar-refractivity contribution in [1.82, 2.24) is 9.62 Å². The Morgan fingerprint density at radius 1 is 1.23 bits per heavy atom. The van der Waals surface area contributed by atoms with Gasteiger partial charge in [0.25, 0.3) is 0 Å². The van der Waals surface area contributed by atoms with Crippen LogP contribution in [-0.2, 0) is 21.3 Å². The first-order chi connectivity index (χ1) is 14.4. The zero-order chi connectivity index (χ0) is 21.2. The smallest absolute Gasteiger partial charge is 0.243 e. The quantitative estimate of drug-likeness (QED) is 0.687. The number of fused-ring (bicyclic) bond motifs is 1. The molecule has 30 heavy (non-hydrogen) atoms. The third kappa shape index (κ3) is 4.10. The molecule has 4 rings (SSSR count). The van der Waals surface area contributed by atoms with Gasteiger partial charge >= 0.3 is 0 Å². The van der Waals surface area contributed by atoms with Gasteiger partial charge in [-0.15, -0.1) is 0 Å². The highest BCUT2D eigenvalue weighted by Gasteiger charge is 2.47. The summed E-state index contributed by atoms with van der Waals surface area (Å²) in [5.41, 5.74) is 1.50. The molecule has 0 amide bonds. The number of ether oxygens (including phenoxy) is 1. The van der Waals surface area contributed by atoms with Crippen LogP contribution in [0.5, 0.6) is 0 Å². The van der Waals surface area contributed by atoms with Crippen LogP contribution in [0.2, 0.25) is 5.02 Å². The first kappa shape index (κ1) is 21.3. The summed E-state index contributed by atoms with van der Waals surface area (Å²) in [6.45, 7) is 2.29. The molecular weight excluding hydrogens is 424 g/mol. The second kappa shape index (κ2) is 8.64. The second-order valence-electron chi connectivity index (χ2n) is 7.49. The zero-order valence-electron chi connectivity index (χ0n) is 16.8. The number of nitrogens with one attached hydrogen (secondary N) is 2. The minimum absolute atomic E-state index is 0.204. The lowest BCUT2D eigenvalue weighted by Crippen LogP contribution is -2.55. The normalized spacial score (nSPS) is 23.3. The molecule has 160 valence electrons. The molecule has 1 atom stereocenters. The lowest BCUT2D eigenvalue weighted by atomic mass is 9.97. The Morgan fingerprint density at radius 2 is 2.07 bits per heavy atom. The summed E-state index contributed by atoms with van der Waals surface area (Å²) in [4.78, 5) is 4.95. The minimum Gasteiger partial charge on any atom is -0.383 e. The summed E-state index contributed by atoms with van der Waals surface area (Å²) < 4.78 is 33.2. The molecule has 0 saturated carbocycles. The number of amidine groups is 1. The molecule has 0 aliphatic carbocycles. The monoisotopic (exact) mass is 448 g/mol. The molecule has 0 unspecified atom stereocenters. The topological polar surface area (TPSA) is 83.0 Å². The Balaban J connectivity index is 1.66. The average molecular weight is 449 g/mol. The number of benzene rings is 2. The summed E-state index contributed by atoms with van der Waals surface area (Å²) >= 11 is 6.03. The number of anilines is 1. The predicted molar refractivity (Wildman–Crippen MR) is 119 cm³/mol. The minimum atomic E-state index is -3.66. The third-order valence-electron chi connectivity index (χ3n) is 5.57. The molecule has 0 aromatic heterocycles. The van der Waals surface area contributed by atoms with E-state index in [1.165, 1.54) is 10.4 Å². The maximum absolute atomic E-state index is 13.2. The van der Waals surface area contributed by atoms with Gasteiger partial charge in [-0.2, -0.15) is 4.31 Å². The van der Waals surface area contributed by atoms with Gasteiger partial charge in [-0.25, -0.2) is 8.42 Å². The van der Waals surface area contributed by atoms with Crippen molar-refractivity contribution in [2.24, 2.45) is 4.99 Å². The van der Waals surface area contributed by atoms with E-state index in [2.05, 4.69) is 16.7 Å². The molecule has 0 radical (unpaired) electrons. The fourth-order valence-electron chi connectivity index (χ4n) is 3.93. The molecule has 2 N–H and O–H groups in total. The number of aliphatic imine (C=N–C) groups is 1. The van der Waals surface area contributed by atoms with Crippen molar-refractivity contribution in [2.75, 3.05) is 38.7 Å². The molecule has 2 aliphatic rings. The molecule has 1 fully saturated rings. The number of hydrogen-bond donors (Lipinski definition) is 2. The third-order valence-corrected chi connectivity index (χ3v) is 7.65. The summed E-state index contributed by atoms with van der Waals surface area (Å²) in [5.74, 6) is 0.744. The van der Waals surface area contributed by atoms with Gasteiger partial charge in [0.15, 0.2) is 0 Å². The van der Waals surface area contributed by atoms with Gasteiger partial charge in [0.1, 0.15) is 5.84 Å². The standard InChI is InChI=1S/C21H25ClN4O3S/c1-29-12-10-23-20-21(24-14-16-5-2-3-8-19(16)25-20)9-11-26(15-21)30(27,28)18-7-4-6-17(22)13-18/h2-8,13,24H,9-12,14-15H2,1H3,(H,23,25)/t21-/m0/s1. The SMILES string of the molecule is COCCN=C1Nc2ccccc2CN[C@]12CCN(S(=O)(=O)c1cccc(Cl)c1)C2. The van der Waals surface area contributed by atoms with E-state index in [9.17, 15) is 8.42 Å². The summed E-state index contributed by atoms with van der Waals surface area (Å²) in [5, 5.41) is 7.45. The summed E-state index contributed by atoms with van der Waals surface area (Å²) in [7, 11) is -2.03. The Kier molecular flexibility index (Phi) is 6.13. The van der Waals surface area contributed by atoms with Crippen molar-refractivity contribution in [3.05, 3.63) is 59.1 Å². The number of para-hydroxylation sites is 1. The van der Waals surface area contributed by atoms with Crippen molar-refractivity contribution in [1.29, 1.82) is 0 Å².